The molecule has 0 spiro atoms. The molecule has 3 nitrogen and oxygen atoms in total. The van der Waals surface area contributed by atoms with Gasteiger partial charge in [0.2, 0.25) is 0 Å². The molecule has 0 saturated heterocycles. The topological polar surface area (TPSA) is 31.4 Å². The summed E-state index contributed by atoms with van der Waals surface area (Å²) in [6.07, 6.45) is 0. The first kappa shape index (κ1) is 13.6. The van der Waals surface area contributed by atoms with Gasteiger partial charge in [-0.05, 0) is 18.2 Å². The predicted octanol–water partition coefficient (Wildman–Crippen LogP) is 4.49. The number of rotatable bonds is 4. The molecule has 21 heavy (non-hydrogen) atoms. The molecule has 0 aliphatic rings. The molecule has 3 aromatic rings. The lowest BCUT2D eigenvalue weighted by Crippen LogP contribution is -1.90. The zero-order valence-corrected chi connectivity index (χ0v) is 12.7. The van der Waals surface area contributed by atoms with Gasteiger partial charge in [-0.3, -0.25) is 0 Å². The van der Waals surface area contributed by atoms with Gasteiger partial charge in [0.25, 0.3) is 0 Å². The van der Waals surface area contributed by atoms with Gasteiger partial charge >= 0.3 is 0 Å². The molecule has 0 atom stereocenters. The second kappa shape index (κ2) is 5.97. The fraction of sp³-hybridized carbons (Fsp3) is 0.118. The molecule has 0 bridgehead atoms. The zero-order chi connectivity index (χ0) is 14.7. The largest absolute Gasteiger partial charge is 0.497 e. The number of thiazole rings is 1. The third kappa shape index (κ3) is 2.76. The highest BCUT2D eigenvalue weighted by molar-refractivity contribution is 7.13. The molecule has 2 aromatic carbocycles. The Kier molecular flexibility index (Phi) is 3.88. The molecule has 0 aliphatic carbocycles. The second-order valence-corrected chi connectivity index (χ2v) is 5.33. The van der Waals surface area contributed by atoms with Crippen molar-refractivity contribution in [1.29, 1.82) is 0 Å². The van der Waals surface area contributed by atoms with Crippen molar-refractivity contribution in [1.82, 2.24) is 4.98 Å². The van der Waals surface area contributed by atoms with Crippen molar-refractivity contribution in [3.63, 3.8) is 0 Å². The summed E-state index contributed by atoms with van der Waals surface area (Å²) in [6.45, 7) is 0. The van der Waals surface area contributed by atoms with Crippen LogP contribution in [0.5, 0.6) is 11.5 Å². The molecule has 0 N–H and O–H groups in total. The van der Waals surface area contributed by atoms with Crippen LogP contribution >= 0.6 is 11.3 Å². The summed E-state index contributed by atoms with van der Waals surface area (Å²) in [6, 6.07) is 15.9. The predicted molar refractivity (Wildman–Crippen MR) is 86.1 cm³/mol. The minimum atomic E-state index is 0.792. The fourth-order valence-corrected chi connectivity index (χ4v) is 2.95. The standard InChI is InChI=1S/C17H15NO2S/c1-19-13-8-9-16(20-2)14(10-13)15-11-21-17(18-15)12-6-4-3-5-7-12/h3-11H,1-2H3. The van der Waals surface area contributed by atoms with Gasteiger partial charge in [0.1, 0.15) is 16.5 Å². The third-order valence-electron chi connectivity index (χ3n) is 3.21. The Labute approximate surface area is 127 Å². The van der Waals surface area contributed by atoms with Crippen LogP contribution in [0.3, 0.4) is 0 Å². The van der Waals surface area contributed by atoms with E-state index >= 15 is 0 Å². The highest BCUT2D eigenvalue weighted by Gasteiger charge is 2.12. The molecule has 1 aromatic heterocycles. The first-order valence-corrected chi connectivity index (χ1v) is 7.43. The number of ether oxygens (including phenoxy) is 2. The summed E-state index contributed by atoms with van der Waals surface area (Å²) >= 11 is 1.62. The Balaban J connectivity index is 2.04. The fourth-order valence-electron chi connectivity index (χ4n) is 2.12. The van der Waals surface area contributed by atoms with Crippen LogP contribution in [0.1, 0.15) is 0 Å². The summed E-state index contributed by atoms with van der Waals surface area (Å²) in [5.41, 5.74) is 2.96. The van der Waals surface area contributed by atoms with E-state index in [-0.39, 0.29) is 0 Å². The quantitative estimate of drug-likeness (QED) is 0.711. The number of hydrogen-bond acceptors (Lipinski definition) is 4. The maximum atomic E-state index is 5.42. The van der Waals surface area contributed by atoms with Crippen LogP contribution in [0.4, 0.5) is 0 Å². The number of benzene rings is 2. The van der Waals surface area contributed by atoms with Gasteiger partial charge in [-0.1, -0.05) is 30.3 Å². The van der Waals surface area contributed by atoms with E-state index < -0.39 is 0 Å². The van der Waals surface area contributed by atoms with Gasteiger partial charge in [-0.2, -0.15) is 0 Å². The van der Waals surface area contributed by atoms with Gasteiger partial charge in [-0.25, -0.2) is 4.98 Å². The Bertz CT molecular complexity index is 738. The van der Waals surface area contributed by atoms with Crippen molar-refractivity contribution in [2.75, 3.05) is 14.2 Å². The average molecular weight is 297 g/mol. The van der Waals surface area contributed by atoms with E-state index in [1.807, 2.05) is 41.8 Å². The number of methoxy groups -OCH3 is 2. The van der Waals surface area contributed by atoms with Crippen LogP contribution in [0.15, 0.2) is 53.9 Å². The van der Waals surface area contributed by atoms with Crippen LogP contribution < -0.4 is 9.47 Å². The summed E-state index contributed by atoms with van der Waals surface area (Å²) in [4.78, 5) is 4.72. The van der Waals surface area contributed by atoms with Gasteiger partial charge in [0, 0.05) is 16.5 Å². The molecule has 1 heterocycles. The van der Waals surface area contributed by atoms with Crippen molar-refractivity contribution in [3.8, 4) is 33.3 Å². The van der Waals surface area contributed by atoms with Gasteiger partial charge < -0.3 is 9.47 Å². The van der Waals surface area contributed by atoms with Crippen molar-refractivity contribution < 1.29 is 9.47 Å². The molecule has 0 fully saturated rings. The van der Waals surface area contributed by atoms with Gasteiger partial charge in [0.05, 0.1) is 19.9 Å². The van der Waals surface area contributed by atoms with E-state index in [2.05, 4.69) is 12.1 Å². The summed E-state index contributed by atoms with van der Waals surface area (Å²) in [5, 5.41) is 3.04. The van der Waals surface area contributed by atoms with Gasteiger partial charge in [0.15, 0.2) is 0 Å². The third-order valence-corrected chi connectivity index (χ3v) is 4.10. The SMILES string of the molecule is COc1ccc(OC)c(-c2csc(-c3ccccc3)n2)c1. The minimum absolute atomic E-state index is 0.792. The molecule has 0 radical (unpaired) electrons. The van der Waals surface area contributed by atoms with Gasteiger partial charge in [-0.15, -0.1) is 11.3 Å². The van der Waals surface area contributed by atoms with Crippen LogP contribution in [-0.2, 0) is 0 Å². The molecular weight excluding hydrogens is 282 g/mol. The molecule has 0 amide bonds. The van der Waals surface area contributed by atoms with E-state index in [1.54, 1.807) is 25.6 Å². The van der Waals surface area contributed by atoms with Crippen molar-refractivity contribution in [2.24, 2.45) is 0 Å². The van der Waals surface area contributed by atoms with E-state index in [4.69, 9.17) is 14.5 Å². The van der Waals surface area contributed by atoms with E-state index in [9.17, 15) is 0 Å². The lowest BCUT2D eigenvalue weighted by Gasteiger charge is -2.08. The number of aromatic nitrogens is 1. The minimum Gasteiger partial charge on any atom is -0.497 e. The summed E-state index contributed by atoms with van der Waals surface area (Å²) in [5.74, 6) is 1.58. The van der Waals surface area contributed by atoms with Crippen LogP contribution in [0.2, 0.25) is 0 Å². The summed E-state index contributed by atoms with van der Waals surface area (Å²) < 4.78 is 10.7. The maximum Gasteiger partial charge on any atom is 0.128 e. The van der Waals surface area contributed by atoms with Crippen LogP contribution in [0.25, 0.3) is 21.8 Å². The molecule has 0 unspecified atom stereocenters. The molecular formula is C17H15NO2S. The van der Waals surface area contributed by atoms with E-state index in [0.717, 1.165) is 33.3 Å². The molecule has 106 valence electrons. The monoisotopic (exact) mass is 297 g/mol. The van der Waals surface area contributed by atoms with Crippen molar-refractivity contribution >= 4 is 11.3 Å². The lowest BCUT2D eigenvalue weighted by molar-refractivity contribution is 0.404. The number of nitrogens with zero attached hydrogens (tertiary/aromatic N) is 1. The average Bonchev–Trinajstić information content (AvgIpc) is 3.05. The molecule has 0 saturated carbocycles. The normalized spacial score (nSPS) is 10.4. The Morgan fingerprint density at radius 2 is 1.76 bits per heavy atom. The maximum absolute atomic E-state index is 5.42. The number of hydrogen-bond donors (Lipinski definition) is 0. The Hall–Kier alpha value is -2.33. The Morgan fingerprint density at radius 1 is 0.952 bits per heavy atom. The molecule has 3 rings (SSSR count). The molecule has 0 aliphatic heterocycles. The Morgan fingerprint density at radius 3 is 2.48 bits per heavy atom. The molecule has 4 heteroatoms. The second-order valence-electron chi connectivity index (χ2n) is 4.47. The lowest BCUT2D eigenvalue weighted by atomic mass is 10.1. The highest BCUT2D eigenvalue weighted by atomic mass is 32.1. The van der Waals surface area contributed by atoms with Crippen molar-refractivity contribution in [2.45, 2.75) is 0 Å². The first-order chi connectivity index (χ1) is 10.3. The smallest absolute Gasteiger partial charge is 0.128 e. The van der Waals surface area contributed by atoms with E-state index in [1.165, 1.54) is 0 Å². The summed E-state index contributed by atoms with van der Waals surface area (Å²) in [7, 11) is 3.32. The van der Waals surface area contributed by atoms with Crippen molar-refractivity contribution in [3.05, 3.63) is 53.9 Å². The van der Waals surface area contributed by atoms with E-state index in [0.29, 0.717) is 0 Å². The highest BCUT2D eigenvalue weighted by Crippen LogP contribution is 2.36. The first-order valence-electron chi connectivity index (χ1n) is 6.55. The van der Waals surface area contributed by atoms with Crippen LogP contribution in [0, 0.1) is 0 Å². The zero-order valence-electron chi connectivity index (χ0n) is 11.9. The van der Waals surface area contributed by atoms with Crippen LogP contribution in [-0.4, -0.2) is 19.2 Å².